The molecule has 2 fully saturated rings. The van der Waals surface area contributed by atoms with Crippen LogP contribution in [0.5, 0.6) is 0 Å². The molecule has 1 saturated carbocycles. The molecule has 0 aromatic carbocycles. The molecule has 1 aliphatic carbocycles. The van der Waals surface area contributed by atoms with E-state index in [4.69, 9.17) is 0 Å². The normalized spacial score (nSPS) is 27.0. The smallest absolute Gasteiger partial charge is 0.309 e. The second kappa shape index (κ2) is 4.36. The topological polar surface area (TPSA) is 75.4 Å². The fraction of sp³-hybridized carbons (Fsp3) is 0.615. The highest BCUT2D eigenvalue weighted by Gasteiger charge is 2.50. The van der Waals surface area contributed by atoms with Gasteiger partial charge in [-0.1, -0.05) is 0 Å². The maximum atomic E-state index is 12.1. The molecule has 1 aliphatic heterocycles. The third kappa shape index (κ3) is 2.01. The summed E-state index contributed by atoms with van der Waals surface area (Å²) in [5.41, 5.74) is 0.840. The lowest BCUT2D eigenvalue weighted by atomic mass is 9.96. The highest BCUT2D eigenvalue weighted by Crippen LogP contribution is 2.44. The number of carbonyl (C=O) groups excluding carboxylic acids is 1. The molecule has 1 N–H and O–H groups in total. The number of aromatic nitrogens is 2. The number of aryl methyl sites for hydroxylation is 1. The molecule has 1 saturated heterocycles. The molecule has 3 rings (SSSR count). The highest BCUT2D eigenvalue weighted by molar-refractivity contribution is 5.87. The lowest BCUT2D eigenvalue weighted by Gasteiger charge is -2.25. The molecule has 1 aromatic rings. The van der Waals surface area contributed by atoms with Crippen LogP contribution in [0.25, 0.3) is 0 Å². The molecule has 102 valence electrons. The van der Waals surface area contributed by atoms with Crippen LogP contribution in [-0.4, -0.2) is 37.7 Å². The first kappa shape index (κ1) is 12.2. The second-order valence-corrected chi connectivity index (χ2v) is 5.26. The first-order valence-corrected chi connectivity index (χ1v) is 6.68. The Hall–Kier alpha value is -1.85. The standard InChI is InChI=1S/C13H17N3O3/c1-2-15-7-8(6-14-15)12-10(13(18)19)5-11(17)16(12)9-3-4-9/h6-7,9-10,12H,2-5H2,1H3,(H,18,19). The minimum atomic E-state index is -0.897. The number of hydrogen-bond acceptors (Lipinski definition) is 3. The van der Waals surface area contributed by atoms with Crippen molar-refractivity contribution in [1.82, 2.24) is 14.7 Å². The maximum absolute atomic E-state index is 12.1. The number of hydrogen-bond donors (Lipinski definition) is 1. The molecular weight excluding hydrogens is 246 g/mol. The summed E-state index contributed by atoms with van der Waals surface area (Å²) in [5, 5.41) is 13.5. The van der Waals surface area contributed by atoms with Crippen LogP contribution in [0.15, 0.2) is 12.4 Å². The average molecular weight is 263 g/mol. The number of nitrogens with zero attached hydrogens (tertiary/aromatic N) is 3. The summed E-state index contributed by atoms with van der Waals surface area (Å²) in [6, 6.07) is -0.121. The lowest BCUT2D eigenvalue weighted by molar-refractivity contribution is -0.142. The zero-order chi connectivity index (χ0) is 13.6. The fourth-order valence-electron chi connectivity index (χ4n) is 2.86. The van der Waals surface area contributed by atoms with E-state index >= 15 is 0 Å². The molecule has 2 atom stereocenters. The zero-order valence-corrected chi connectivity index (χ0v) is 10.8. The Balaban J connectivity index is 1.96. The van der Waals surface area contributed by atoms with Crippen LogP contribution in [-0.2, 0) is 16.1 Å². The predicted molar refractivity (Wildman–Crippen MR) is 66.3 cm³/mol. The van der Waals surface area contributed by atoms with Crippen molar-refractivity contribution in [2.24, 2.45) is 5.92 Å². The quantitative estimate of drug-likeness (QED) is 0.880. The van der Waals surface area contributed by atoms with E-state index in [-0.39, 0.29) is 24.4 Å². The van der Waals surface area contributed by atoms with Gasteiger partial charge in [-0.2, -0.15) is 5.10 Å². The van der Waals surface area contributed by atoms with Gasteiger partial charge in [-0.3, -0.25) is 14.3 Å². The van der Waals surface area contributed by atoms with Crippen LogP contribution in [0.2, 0.25) is 0 Å². The van der Waals surface area contributed by atoms with E-state index in [0.717, 1.165) is 24.9 Å². The molecule has 2 heterocycles. The Morgan fingerprint density at radius 2 is 2.26 bits per heavy atom. The number of likely N-dealkylation sites (tertiary alicyclic amines) is 1. The maximum Gasteiger partial charge on any atom is 0.309 e. The fourth-order valence-corrected chi connectivity index (χ4v) is 2.86. The van der Waals surface area contributed by atoms with Gasteiger partial charge >= 0.3 is 5.97 Å². The first-order valence-electron chi connectivity index (χ1n) is 6.68. The van der Waals surface area contributed by atoms with Gasteiger partial charge in [0.1, 0.15) is 0 Å². The molecule has 6 heteroatoms. The monoisotopic (exact) mass is 263 g/mol. The summed E-state index contributed by atoms with van der Waals surface area (Å²) in [7, 11) is 0. The van der Waals surface area contributed by atoms with Gasteiger partial charge in [0.2, 0.25) is 5.91 Å². The molecule has 1 amide bonds. The number of carbonyl (C=O) groups is 2. The number of aliphatic carboxylic acids is 1. The molecule has 1 aromatic heterocycles. The van der Waals surface area contributed by atoms with E-state index in [1.165, 1.54) is 0 Å². The number of rotatable bonds is 4. The van der Waals surface area contributed by atoms with Crippen molar-refractivity contribution in [2.45, 2.75) is 44.8 Å². The Labute approximate surface area is 111 Å². The van der Waals surface area contributed by atoms with Crippen molar-refractivity contribution in [3.05, 3.63) is 18.0 Å². The molecule has 6 nitrogen and oxygen atoms in total. The Morgan fingerprint density at radius 3 is 2.79 bits per heavy atom. The number of carboxylic acids is 1. The van der Waals surface area contributed by atoms with Crippen molar-refractivity contribution >= 4 is 11.9 Å². The molecule has 19 heavy (non-hydrogen) atoms. The summed E-state index contributed by atoms with van der Waals surface area (Å²) in [5.74, 6) is -1.59. The average Bonchev–Trinajstić information content (AvgIpc) is 2.99. The molecular formula is C13H17N3O3. The van der Waals surface area contributed by atoms with Crippen molar-refractivity contribution in [2.75, 3.05) is 0 Å². The van der Waals surface area contributed by atoms with Crippen molar-refractivity contribution in [1.29, 1.82) is 0 Å². The van der Waals surface area contributed by atoms with E-state index in [0.29, 0.717) is 0 Å². The van der Waals surface area contributed by atoms with E-state index < -0.39 is 11.9 Å². The van der Waals surface area contributed by atoms with Gasteiger partial charge in [0.05, 0.1) is 18.2 Å². The van der Waals surface area contributed by atoms with Crippen LogP contribution in [0.4, 0.5) is 0 Å². The van der Waals surface area contributed by atoms with Gasteiger partial charge in [0.25, 0.3) is 0 Å². The second-order valence-electron chi connectivity index (χ2n) is 5.26. The lowest BCUT2D eigenvalue weighted by Crippen LogP contribution is -2.32. The van der Waals surface area contributed by atoms with Crippen LogP contribution < -0.4 is 0 Å². The molecule has 0 spiro atoms. The van der Waals surface area contributed by atoms with Gasteiger partial charge in [0, 0.05) is 30.8 Å². The molecule has 2 aliphatic rings. The van der Waals surface area contributed by atoms with Crippen molar-refractivity contribution < 1.29 is 14.7 Å². The van der Waals surface area contributed by atoms with E-state index in [2.05, 4.69) is 5.10 Å². The van der Waals surface area contributed by atoms with Crippen LogP contribution in [0.1, 0.15) is 37.8 Å². The van der Waals surface area contributed by atoms with Gasteiger partial charge < -0.3 is 10.0 Å². The number of amides is 1. The van der Waals surface area contributed by atoms with Crippen LogP contribution >= 0.6 is 0 Å². The molecule has 2 unspecified atom stereocenters. The van der Waals surface area contributed by atoms with Crippen molar-refractivity contribution in [3.8, 4) is 0 Å². The van der Waals surface area contributed by atoms with Gasteiger partial charge in [0.15, 0.2) is 0 Å². The van der Waals surface area contributed by atoms with E-state index in [9.17, 15) is 14.7 Å². The number of carboxylic acid groups (broad SMARTS) is 1. The van der Waals surface area contributed by atoms with Gasteiger partial charge in [-0.15, -0.1) is 0 Å². The first-order chi connectivity index (χ1) is 9.11. The minimum absolute atomic E-state index is 0.0378. The highest BCUT2D eigenvalue weighted by atomic mass is 16.4. The van der Waals surface area contributed by atoms with Crippen molar-refractivity contribution in [3.63, 3.8) is 0 Å². The largest absolute Gasteiger partial charge is 0.481 e. The molecule has 0 bridgehead atoms. The van der Waals surface area contributed by atoms with Crippen LogP contribution in [0, 0.1) is 5.92 Å². The summed E-state index contributed by atoms with van der Waals surface area (Å²) in [4.78, 5) is 25.2. The van der Waals surface area contributed by atoms with Crippen LogP contribution in [0.3, 0.4) is 0 Å². The SMILES string of the molecule is CCn1cc(C2C(C(=O)O)CC(=O)N2C2CC2)cn1. The summed E-state index contributed by atoms with van der Waals surface area (Å²) in [6.07, 6.45) is 5.62. The Kier molecular flexibility index (Phi) is 2.80. The van der Waals surface area contributed by atoms with E-state index in [1.807, 2.05) is 13.1 Å². The summed E-state index contributed by atoms with van der Waals surface area (Å²) in [6.45, 7) is 2.71. The minimum Gasteiger partial charge on any atom is -0.481 e. The summed E-state index contributed by atoms with van der Waals surface area (Å²) < 4.78 is 1.77. The zero-order valence-electron chi connectivity index (χ0n) is 10.8. The van der Waals surface area contributed by atoms with Gasteiger partial charge in [-0.05, 0) is 19.8 Å². The summed E-state index contributed by atoms with van der Waals surface area (Å²) >= 11 is 0. The Bertz CT molecular complexity index is 521. The third-order valence-electron chi connectivity index (χ3n) is 3.94. The third-order valence-corrected chi connectivity index (χ3v) is 3.94. The molecule has 0 radical (unpaired) electrons. The predicted octanol–water partition coefficient (Wildman–Crippen LogP) is 1.04. The van der Waals surface area contributed by atoms with Gasteiger partial charge in [-0.25, -0.2) is 0 Å². The van der Waals surface area contributed by atoms with E-state index in [1.54, 1.807) is 15.8 Å². The Morgan fingerprint density at radius 1 is 1.53 bits per heavy atom.